The van der Waals surface area contributed by atoms with Gasteiger partial charge in [-0.15, -0.1) is 0 Å². The molecule has 0 saturated carbocycles. The zero-order chi connectivity index (χ0) is 43.6. The van der Waals surface area contributed by atoms with Gasteiger partial charge in [-0.3, -0.25) is 24.0 Å². The van der Waals surface area contributed by atoms with Gasteiger partial charge < -0.3 is 23.7 Å². The van der Waals surface area contributed by atoms with E-state index in [1.165, 1.54) is 34.6 Å². The van der Waals surface area contributed by atoms with Gasteiger partial charge in [0.15, 0.2) is 0 Å². The monoisotopic (exact) mass is 1030 g/mol. The van der Waals surface area contributed by atoms with E-state index in [2.05, 4.69) is 45.2 Å². The first-order valence-electron chi connectivity index (χ1n) is 19.2. The van der Waals surface area contributed by atoms with Crippen molar-refractivity contribution >= 4 is 75.0 Å². The normalized spacial score (nSPS) is 12.2. The fraction of sp³-hybridized carbons (Fsp3) is 0.271. The largest absolute Gasteiger partial charge is 0.426 e. The van der Waals surface area contributed by atoms with E-state index in [1.54, 1.807) is 0 Å². The molecule has 0 unspecified atom stereocenters. The van der Waals surface area contributed by atoms with Gasteiger partial charge in [0.25, 0.3) is 0 Å². The molecule has 0 radical (unpaired) electrons. The van der Waals surface area contributed by atoms with Crippen LogP contribution in [0.4, 0.5) is 0 Å². The number of carbonyl (C=O) groups is 5. The summed E-state index contributed by atoms with van der Waals surface area (Å²) in [7, 11) is 0. The van der Waals surface area contributed by atoms with Crippen molar-refractivity contribution in [3.63, 3.8) is 0 Å². The van der Waals surface area contributed by atoms with E-state index in [0.29, 0.717) is 84.4 Å². The molecule has 10 bridgehead atoms. The van der Waals surface area contributed by atoms with Crippen LogP contribution in [0.2, 0.25) is 0 Å². The number of aryl methyl sites for hydroxylation is 3. The lowest BCUT2D eigenvalue weighted by Gasteiger charge is -2.22. The second kappa shape index (κ2) is 18.7. The molecule has 1 aliphatic rings. The summed E-state index contributed by atoms with van der Waals surface area (Å²) in [6.45, 7) is 12.5. The predicted octanol–water partition coefficient (Wildman–Crippen LogP) is 9.71. The van der Waals surface area contributed by atoms with Gasteiger partial charge in [0.2, 0.25) is 0 Å². The fourth-order valence-corrected chi connectivity index (χ4v) is 9.43. The maximum atomic E-state index is 12.8. The molecule has 0 aliphatic heterocycles. The van der Waals surface area contributed by atoms with Gasteiger partial charge in [-0.05, 0) is 124 Å². The molecule has 12 heteroatoms. The Labute approximate surface area is 376 Å². The molecule has 0 amide bonds. The van der Waals surface area contributed by atoms with Crippen molar-refractivity contribution in [2.75, 3.05) is 0 Å². The SMILES string of the molecule is CC(=O)Oc1c2cc(C)cc1Cc1cc(C)cc(c1OC(C)=O)Cc1cc(I)cc(c1OC(C)=O)Cc1cc(I)cc(c1OC(C)=O)Cc1cc(C)cc(c1OC(C)=O)C2. The number of esters is 5. The van der Waals surface area contributed by atoms with Crippen LogP contribution in [0.15, 0.2) is 60.7 Å². The van der Waals surface area contributed by atoms with Crippen molar-refractivity contribution in [3.05, 3.63) is 140 Å². The van der Waals surface area contributed by atoms with Crippen LogP contribution in [-0.4, -0.2) is 29.8 Å². The summed E-state index contributed by atoms with van der Waals surface area (Å²) in [5.41, 5.74) is 9.39. The van der Waals surface area contributed by atoms with Crippen LogP contribution in [-0.2, 0) is 56.1 Å². The van der Waals surface area contributed by atoms with Crippen LogP contribution < -0.4 is 23.7 Å². The smallest absolute Gasteiger partial charge is 0.308 e. The molecule has 60 heavy (non-hydrogen) atoms. The minimum absolute atomic E-state index is 0.220. The Bertz CT molecular complexity index is 2080. The highest BCUT2D eigenvalue weighted by Gasteiger charge is 2.26. The molecule has 0 heterocycles. The van der Waals surface area contributed by atoms with Crippen LogP contribution in [0.5, 0.6) is 28.7 Å². The van der Waals surface area contributed by atoms with Crippen molar-refractivity contribution in [3.8, 4) is 28.7 Å². The number of halogens is 2. The zero-order valence-electron chi connectivity index (χ0n) is 34.6. The summed E-state index contributed by atoms with van der Waals surface area (Å²) in [6, 6.07) is 19.4. The van der Waals surface area contributed by atoms with Gasteiger partial charge in [-0.25, -0.2) is 0 Å². The Morgan fingerprint density at radius 1 is 0.333 bits per heavy atom. The quantitative estimate of drug-likeness (QED) is 0.0935. The van der Waals surface area contributed by atoms with E-state index < -0.39 is 29.8 Å². The third-order valence-electron chi connectivity index (χ3n) is 9.71. The highest BCUT2D eigenvalue weighted by Crippen LogP contribution is 2.41. The predicted molar refractivity (Wildman–Crippen MR) is 242 cm³/mol. The van der Waals surface area contributed by atoms with Crippen molar-refractivity contribution in [1.29, 1.82) is 0 Å². The summed E-state index contributed by atoms with van der Waals surface area (Å²) in [4.78, 5) is 64.1. The molecule has 0 atom stereocenters. The van der Waals surface area contributed by atoms with Crippen molar-refractivity contribution in [1.82, 2.24) is 0 Å². The maximum Gasteiger partial charge on any atom is 0.308 e. The Morgan fingerprint density at radius 2 is 0.483 bits per heavy atom. The number of ether oxygens (including phenoxy) is 5. The van der Waals surface area contributed by atoms with Crippen LogP contribution in [0, 0.1) is 27.9 Å². The first-order chi connectivity index (χ1) is 28.3. The topological polar surface area (TPSA) is 132 Å². The second-order valence-electron chi connectivity index (χ2n) is 15.2. The molecule has 310 valence electrons. The third-order valence-corrected chi connectivity index (χ3v) is 11.0. The van der Waals surface area contributed by atoms with Gasteiger partial charge in [0, 0.05) is 96.1 Å². The fourth-order valence-electron chi connectivity index (χ4n) is 7.92. The zero-order valence-corrected chi connectivity index (χ0v) is 39.0. The van der Waals surface area contributed by atoms with Crippen LogP contribution >= 0.6 is 45.2 Å². The minimum Gasteiger partial charge on any atom is -0.426 e. The molecule has 0 spiro atoms. The summed E-state index contributed by atoms with van der Waals surface area (Å²) >= 11 is 4.45. The van der Waals surface area contributed by atoms with Crippen molar-refractivity contribution in [2.45, 2.75) is 87.5 Å². The molecule has 1 aliphatic carbocycles. The molecule has 0 saturated heterocycles. The lowest BCUT2D eigenvalue weighted by molar-refractivity contribution is -0.133. The van der Waals surface area contributed by atoms with E-state index in [0.717, 1.165) is 23.8 Å². The minimum atomic E-state index is -0.525. The Morgan fingerprint density at radius 3 is 0.633 bits per heavy atom. The van der Waals surface area contributed by atoms with Crippen molar-refractivity contribution < 1.29 is 47.7 Å². The molecule has 0 fully saturated rings. The van der Waals surface area contributed by atoms with Crippen LogP contribution in [0.25, 0.3) is 0 Å². The molecule has 5 aromatic carbocycles. The first kappa shape index (κ1) is 44.5. The van der Waals surface area contributed by atoms with Crippen LogP contribution in [0.1, 0.15) is 107 Å². The van der Waals surface area contributed by atoms with Gasteiger partial charge in [-0.1, -0.05) is 53.1 Å². The summed E-state index contributed by atoms with van der Waals surface area (Å²) in [5.74, 6) is -0.918. The molecule has 6 rings (SSSR count). The first-order valence-corrected chi connectivity index (χ1v) is 21.4. The number of carbonyl (C=O) groups excluding carboxylic acids is 5. The van der Waals surface area contributed by atoms with Crippen molar-refractivity contribution in [2.24, 2.45) is 0 Å². The summed E-state index contributed by atoms with van der Waals surface area (Å²) in [6.07, 6.45) is 1.12. The number of benzene rings is 5. The average molecular weight is 1030 g/mol. The van der Waals surface area contributed by atoms with Gasteiger partial charge in [0.05, 0.1) is 0 Å². The Balaban J connectivity index is 1.75. The van der Waals surface area contributed by atoms with E-state index in [-0.39, 0.29) is 32.1 Å². The standard InChI is InChI=1S/C48H44I2O10/c1-24-9-32-15-34-11-25(2)13-36(45(34)57-28(5)52)17-38-20-42(49)22-40(47(38)59-30(7)54)19-41-23-43(50)21-39(48(41)60-31(8)55)18-37-14-26(3)12-35(46(37)58-29(6)53)16-33(10-24)44(32)56-27(4)51/h9-14,20-23H,15-19H2,1-8H3. The third kappa shape index (κ3) is 10.8. The van der Waals surface area contributed by atoms with Gasteiger partial charge >= 0.3 is 29.8 Å². The lowest BCUT2D eigenvalue weighted by Crippen LogP contribution is -2.13. The van der Waals surface area contributed by atoms with Gasteiger partial charge in [0.1, 0.15) is 28.7 Å². The van der Waals surface area contributed by atoms with E-state index in [1.807, 2.05) is 81.4 Å². The second-order valence-corrected chi connectivity index (χ2v) is 17.7. The average Bonchev–Trinajstić information content (AvgIpc) is 3.11. The highest BCUT2D eigenvalue weighted by molar-refractivity contribution is 14.1. The highest BCUT2D eigenvalue weighted by atomic mass is 127. The molecule has 0 N–H and O–H groups in total. The van der Waals surface area contributed by atoms with Crippen LogP contribution in [0.3, 0.4) is 0 Å². The van der Waals surface area contributed by atoms with Gasteiger partial charge in [-0.2, -0.15) is 0 Å². The molecular weight excluding hydrogens is 990 g/mol. The number of fused-ring (bicyclic) bond motifs is 10. The molecule has 5 aromatic rings. The summed E-state index contributed by atoms with van der Waals surface area (Å²) in [5, 5.41) is 0. The maximum absolute atomic E-state index is 12.8. The summed E-state index contributed by atoms with van der Waals surface area (Å²) < 4.78 is 31.8. The number of hydrogen-bond acceptors (Lipinski definition) is 10. The van der Waals surface area contributed by atoms with E-state index in [4.69, 9.17) is 23.7 Å². The van der Waals surface area contributed by atoms with E-state index >= 15 is 0 Å². The molecular formula is C48H44I2O10. The lowest BCUT2D eigenvalue weighted by atomic mass is 9.89. The van der Waals surface area contributed by atoms with E-state index in [9.17, 15) is 24.0 Å². The molecule has 0 aromatic heterocycles. The Hall–Kier alpha value is -5.09. The Kier molecular flexibility index (Phi) is 13.8. The molecule has 10 nitrogen and oxygen atoms in total. The number of hydrogen-bond donors (Lipinski definition) is 0. The number of rotatable bonds is 5.